The van der Waals surface area contributed by atoms with Crippen LogP contribution in [0.3, 0.4) is 0 Å². The van der Waals surface area contributed by atoms with E-state index in [4.69, 9.17) is 0 Å². The van der Waals surface area contributed by atoms with Gasteiger partial charge in [0.25, 0.3) is 0 Å². The van der Waals surface area contributed by atoms with Gasteiger partial charge in [0.1, 0.15) is 0 Å². The summed E-state index contributed by atoms with van der Waals surface area (Å²) in [7, 11) is 1.35. The van der Waals surface area contributed by atoms with Gasteiger partial charge in [-0.05, 0) is 6.42 Å². The molecule has 0 saturated carbocycles. The van der Waals surface area contributed by atoms with Gasteiger partial charge < -0.3 is 4.48 Å². The number of rotatable bonds is 16. The van der Waals surface area contributed by atoms with Crippen LogP contribution in [0.5, 0.6) is 0 Å². The Balaban J connectivity index is 1.96. The molecule has 0 radical (unpaired) electrons. The summed E-state index contributed by atoms with van der Waals surface area (Å²) in [5, 5.41) is 0. The highest BCUT2D eigenvalue weighted by atomic mass is 32.2. The van der Waals surface area contributed by atoms with Crippen LogP contribution < -0.4 is 0 Å². The molecule has 0 amide bonds. The van der Waals surface area contributed by atoms with E-state index in [1.165, 1.54) is 77.0 Å². The molecule has 1 heterocycles. The normalized spacial score (nSPS) is 18.2. The van der Waals surface area contributed by atoms with Crippen LogP contribution >= 0.6 is 0 Å². The number of likely N-dealkylation sites (N-methyl/N-ethyl adjacent to an activating group) is 1. The summed E-state index contributed by atoms with van der Waals surface area (Å²) in [4.78, 5) is 0. The van der Waals surface area contributed by atoms with Gasteiger partial charge in [0.15, 0.2) is 0 Å². The average Bonchev–Trinajstić information content (AvgIpc) is 2.83. The summed E-state index contributed by atoms with van der Waals surface area (Å²) in [6.07, 6.45) is 19.2. The Kier molecular flexibility index (Phi) is 13.7. The zero-order valence-electron chi connectivity index (χ0n) is 19.3. The lowest BCUT2D eigenvalue weighted by Crippen LogP contribution is -2.43. The van der Waals surface area contributed by atoms with Gasteiger partial charge in [0, 0.05) is 13.0 Å². The van der Waals surface area contributed by atoms with Crippen molar-refractivity contribution in [2.75, 3.05) is 46.0 Å². The molecule has 1 saturated heterocycles. The van der Waals surface area contributed by atoms with E-state index in [9.17, 15) is 8.42 Å². The van der Waals surface area contributed by atoms with E-state index in [1.807, 2.05) is 0 Å². The number of unbranched alkanes of at least 4 members (excludes halogenated alkanes) is 13. The number of nitrogens with zero attached hydrogens (tertiary/aromatic N) is 2. The smallest absolute Gasteiger partial charge is 0.214 e. The minimum absolute atomic E-state index is 0.346. The highest BCUT2D eigenvalue weighted by molar-refractivity contribution is 7.89. The van der Waals surface area contributed by atoms with Crippen molar-refractivity contribution in [1.82, 2.24) is 4.31 Å². The minimum atomic E-state index is -3.05. The van der Waals surface area contributed by atoms with Gasteiger partial charge in [-0.25, -0.2) is 8.42 Å². The second-order valence-electron chi connectivity index (χ2n) is 9.55. The summed E-state index contributed by atoms with van der Waals surface area (Å²) < 4.78 is 27.9. The van der Waals surface area contributed by atoms with Crippen LogP contribution in [-0.2, 0) is 10.0 Å². The Hall–Kier alpha value is -0.130. The molecule has 0 aliphatic carbocycles. The van der Waals surface area contributed by atoms with Crippen molar-refractivity contribution in [2.45, 2.75) is 103 Å². The van der Waals surface area contributed by atoms with E-state index >= 15 is 0 Å². The van der Waals surface area contributed by atoms with E-state index in [-0.39, 0.29) is 0 Å². The Morgan fingerprint density at radius 2 is 1.14 bits per heavy atom. The van der Waals surface area contributed by atoms with Gasteiger partial charge in [-0.2, -0.15) is 4.31 Å². The molecule has 0 aromatic carbocycles. The van der Waals surface area contributed by atoms with E-state index in [0.29, 0.717) is 18.8 Å². The van der Waals surface area contributed by atoms with Crippen molar-refractivity contribution in [3.8, 4) is 0 Å². The molecule has 1 aliphatic heterocycles. The lowest BCUT2D eigenvalue weighted by Gasteiger charge is -2.27. The summed E-state index contributed by atoms with van der Waals surface area (Å²) in [6.45, 7) is 5.67. The van der Waals surface area contributed by atoms with E-state index in [2.05, 4.69) is 21.0 Å². The molecular formula is C23H49N2O2S+. The largest absolute Gasteiger partial charge is 0.327 e. The van der Waals surface area contributed by atoms with Gasteiger partial charge in [-0.3, -0.25) is 0 Å². The molecule has 0 unspecified atom stereocenters. The van der Waals surface area contributed by atoms with E-state index in [1.54, 1.807) is 4.31 Å². The summed E-state index contributed by atoms with van der Waals surface area (Å²) in [5.41, 5.74) is 0. The predicted molar refractivity (Wildman–Crippen MR) is 122 cm³/mol. The zero-order valence-corrected chi connectivity index (χ0v) is 20.1. The molecule has 1 rings (SSSR count). The summed E-state index contributed by atoms with van der Waals surface area (Å²) >= 11 is 0. The molecule has 5 heteroatoms. The first-order chi connectivity index (χ1) is 13.4. The van der Waals surface area contributed by atoms with E-state index < -0.39 is 10.0 Å². The first kappa shape index (κ1) is 25.9. The number of hydrogen-bond donors (Lipinski definition) is 0. The van der Waals surface area contributed by atoms with Gasteiger partial charge in [-0.15, -0.1) is 0 Å². The molecule has 4 nitrogen and oxygen atoms in total. The Morgan fingerprint density at radius 3 is 1.64 bits per heavy atom. The summed E-state index contributed by atoms with van der Waals surface area (Å²) in [5.74, 6) is 0.346. The SMILES string of the molecule is CCCCCCCCCCCCCCCCS(=O)(=O)N1CCC[N+](C)(C)CC1. The number of hydrogen-bond acceptors (Lipinski definition) is 2. The fourth-order valence-corrected chi connectivity index (χ4v) is 5.76. The molecular weight excluding hydrogens is 368 g/mol. The Morgan fingerprint density at radius 1 is 0.679 bits per heavy atom. The van der Waals surface area contributed by atoms with Gasteiger partial charge >= 0.3 is 0 Å². The Bertz CT molecular complexity index is 477. The Labute approximate surface area is 176 Å². The van der Waals surface area contributed by atoms with Crippen molar-refractivity contribution >= 4 is 10.0 Å². The lowest BCUT2D eigenvalue weighted by atomic mass is 10.0. The van der Waals surface area contributed by atoms with Crippen molar-refractivity contribution in [3.63, 3.8) is 0 Å². The maximum absolute atomic E-state index is 12.6. The predicted octanol–water partition coefficient (Wildman–Crippen LogP) is 5.58. The molecule has 0 aromatic rings. The molecule has 0 N–H and O–H groups in total. The zero-order chi connectivity index (χ0) is 20.7. The summed E-state index contributed by atoms with van der Waals surface area (Å²) in [6, 6.07) is 0. The molecule has 0 bridgehead atoms. The highest BCUT2D eigenvalue weighted by Gasteiger charge is 2.28. The number of quaternary nitrogens is 1. The fourth-order valence-electron chi connectivity index (χ4n) is 4.17. The third kappa shape index (κ3) is 12.4. The fraction of sp³-hybridized carbons (Fsp3) is 1.00. The van der Waals surface area contributed by atoms with Crippen LogP contribution in [0.1, 0.15) is 103 Å². The van der Waals surface area contributed by atoms with Crippen molar-refractivity contribution in [2.24, 2.45) is 0 Å². The topological polar surface area (TPSA) is 37.4 Å². The van der Waals surface area contributed by atoms with Crippen molar-refractivity contribution in [3.05, 3.63) is 0 Å². The van der Waals surface area contributed by atoms with Gasteiger partial charge in [0.2, 0.25) is 10.0 Å². The standard InChI is InChI=1S/C23H49N2O2S/c1-4-5-6-7-8-9-10-11-12-13-14-15-16-17-23-28(26,27)24-19-18-21-25(2,3)22-20-24/h4-23H2,1-3H3/q+1. The minimum Gasteiger partial charge on any atom is -0.327 e. The van der Waals surface area contributed by atoms with E-state index in [0.717, 1.165) is 36.8 Å². The maximum atomic E-state index is 12.6. The van der Waals surface area contributed by atoms with Crippen LogP contribution in [0.25, 0.3) is 0 Å². The lowest BCUT2D eigenvalue weighted by molar-refractivity contribution is -0.888. The maximum Gasteiger partial charge on any atom is 0.214 e. The average molecular weight is 418 g/mol. The molecule has 0 spiro atoms. The molecule has 0 atom stereocenters. The van der Waals surface area contributed by atoms with Gasteiger partial charge in [0.05, 0.1) is 39.5 Å². The van der Waals surface area contributed by atoms with Crippen molar-refractivity contribution in [1.29, 1.82) is 0 Å². The van der Waals surface area contributed by atoms with Crippen LogP contribution in [0, 0.1) is 0 Å². The molecule has 28 heavy (non-hydrogen) atoms. The third-order valence-corrected chi connectivity index (χ3v) is 8.23. The molecule has 1 aliphatic rings. The first-order valence-corrected chi connectivity index (χ1v) is 13.8. The van der Waals surface area contributed by atoms with Crippen LogP contribution in [0.4, 0.5) is 0 Å². The van der Waals surface area contributed by atoms with Gasteiger partial charge in [-0.1, -0.05) is 90.4 Å². The van der Waals surface area contributed by atoms with Crippen LogP contribution in [0.15, 0.2) is 0 Å². The second-order valence-corrected chi connectivity index (χ2v) is 11.6. The monoisotopic (exact) mass is 417 g/mol. The second kappa shape index (κ2) is 14.8. The van der Waals surface area contributed by atoms with Crippen molar-refractivity contribution < 1.29 is 12.9 Å². The third-order valence-electron chi connectivity index (χ3n) is 6.27. The molecule has 0 aromatic heterocycles. The number of sulfonamides is 1. The molecule has 168 valence electrons. The van der Waals surface area contributed by atoms with Crippen LogP contribution in [-0.4, -0.2) is 63.2 Å². The highest BCUT2D eigenvalue weighted by Crippen LogP contribution is 2.15. The first-order valence-electron chi connectivity index (χ1n) is 12.2. The quantitative estimate of drug-likeness (QED) is 0.243. The molecule has 1 fully saturated rings. The van der Waals surface area contributed by atoms with Crippen LogP contribution in [0.2, 0.25) is 0 Å².